The molecule has 8 heteroatoms. The second-order valence-corrected chi connectivity index (χ2v) is 11.1. The van der Waals surface area contributed by atoms with Gasteiger partial charge in [0.15, 0.2) is 11.6 Å². The molecule has 0 heterocycles. The Labute approximate surface area is 270 Å². The fourth-order valence-corrected chi connectivity index (χ4v) is 4.77. The number of rotatable bonds is 11. The summed E-state index contributed by atoms with van der Waals surface area (Å²) in [6.45, 7) is 7.23. The Morgan fingerprint density at radius 3 is 1.82 bits per heavy atom. The van der Waals surface area contributed by atoms with Crippen LogP contribution in [-0.4, -0.2) is 24.3 Å². The van der Waals surface area contributed by atoms with Gasteiger partial charge in [-0.05, 0) is 84.4 Å². The number of benzene rings is 4. The molecular formula is C37H27FO5S2. The van der Waals surface area contributed by atoms with Crippen molar-refractivity contribution in [2.45, 2.75) is 16.4 Å². The van der Waals surface area contributed by atoms with Gasteiger partial charge in [0.1, 0.15) is 13.2 Å². The lowest BCUT2D eigenvalue weighted by atomic mass is 10.1. The second kappa shape index (κ2) is 17.2. The van der Waals surface area contributed by atoms with Crippen molar-refractivity contribution >= 4 is 35.7 Å². The van der Waals surface area contributed by atoms with Gasteiger partial charge in [0, 0.05) is 49.9 Å². The molecule has 45 heavy (non-hydrogen) atoms. The van der Waals surface area contributed by atoms with E-state index in [9.17, 15) is 14.0 Å². The molecule has 4 aromatic carbocycles. The number of thioether (sulfide) groups is 1. The van der Waals surface area contributed by atoms with Crippen LogP contribution in [0.1, 0.15) is 27.8 Å². The van der Waals surface area contributed by atoms with Crippen molar-refractivity contribution in [3.05, 3.63) is 150 Å². The van der Waals surface area contributed by atoms with Crippen LogP contribution in [0.2, 0.25) is 0 Å². The molecule has 0 aromatic heterocycles. The summed E-state index contributed by atoms with van der Waals surface area (Å²) in [5.74, 6) is 11.6. The van der Waals surface area contributed by atoms with Crippen LogP contribution in [-0.2, 0) is 25.1 Å². The Hall–Kier alpha value is -5.15. The third-order valence-corrected chi connectivity index (χ3v) is 7.53. The number of hydrogen-bond donors (Lipinski definition) is 0. The van der Waals surface area contributed by atoms with E-state index in [2.05, 4.69) is 36.8 Å². The Kier molecular flexibility index (Phi) is 12.5. The number of carbonyl (C=O) groups is 2. The maximum Gasteiger partial charge on any atom is 0.342 e. The summed E-state index contributed by atoms with van der Waals surface area (Å²) >= 11 is 2.53. The predicted molar refractivity (Wildman–Crippen MR) is 176 cm³/mol. The highest BCUT2D eigenvalue weighted by Crippen LogP contribution is 2.22. The molecule has 0 saturated heterocycles. The number of carbonyl (C=O) groups excluding carboxylic acids is 2. The topological polar surface area (TPSA) is 61.8 Å². The summed E-state index contributed by atoms with van der Waals surface area (Å²) in [6, 6.07) is 27.2. The lowest BCUT2D eigenvalue weighted by molar-refractivity contribution is -0.137. The monoisotopic (exact) mass is 634 g/mol. The second-order valence-electron chi connectivity index (χ2n) is 9.09. The first-order valence-electron chi connectivity index (χ1n) is 13.6. The van der Waals surface area contributed by atoms with Crippen LogP contribution in [0.5, 0.6) is 5.75 Å². The molecule has 5 nitrogen and oxygen atoms in total. The van der Waals surface area contributed by atoms with Crippen LogP contribution < -0.4 is 4.74 Å². The molecule has 0 amide bonds. The van der Waals surface area contributed by atoms with Crippen LogP contribution >= 0.6 is 23.8 Å². The van der Waals surface area contributed by atoms with Crippen molar-refractivity contribution in [1.29, 1.82) is 0 Å². The zero-order chi connectivity index (χ0) is 31.9. The number of ether oxygens (including phenoxy) is 2. The third-order valence-electron chi connectivity index (χ3n) is 5.84. The fourth-order valence-electron chi connectivity index (χ4n) is 3.54. The van der Waals surface area contributed by atoms with Gasteiger partial charge >= 0.3 is 11.9 Å². The number of halogens is 1. The fraction of sp³-hybridized carbons (Fsp3) is 0.0811. The smallest absolute Gasteiger partial charge is 0.342 e. The van der Waals surface area contributed by atoms with Gasteiger partial charge in [-0.1, -0.05) is 49.0 Å². The molecule has 224 valence electrons. The number of esters is 1. The maximum absolute atomic E-state index is 14.7. The molecule has 0 bridgehead atoms. The molecule has 0 fully saturated rings. The Bertz CT molecular complexity index is 1780. The predicted octanol–water partition coefficient (Wildman–Crippen LogP) is 7.76. The van der Waals surface area contributed by atoms with E-state index in [-0.39, 0.29) is 12.4 Å². The van der Waals surface area contributed by atoms with Crippen molar-refractivity contribution in [3.63, 3.8) is 0 Å². The minimum Gasteiger partial charge on any atom is -0.486 e. The van der Waals surface area contributed by atoms with E-state index in [4.69, 9.17) is 13.7 Å². The van der Waals surface area contributed by atoms with Crippen LogP contribution in [0.25, 0.3) is 0 Å². The standard InChI is InChI=1S/C37H27FO5S2/c1-3-36(39)41-23-24-44-32-18-13-29(14-19-32)7-10-30-17-22-35(34(38)25-30)42-26-31-11-8-27(9-12-31)5-6-28-15-20-33(21-16-28)45-43-37(40)4-2/h3-4,8-9,11-22,25H,1-2,23-24,26H2. The molecule has 0 unspecified atom stereocenters. The van der Waals surface area contributed by atoms with Gasteiger partial charge in [0.05, 0.1) is 12.0 Å². The highest BCUT2D eigenvalue weighted by molar-refractivity contribution is 7.99. The Balaban J connectivity index is 1.25. The van der Waals surface area contributed by atoms with Gasteiger partial charge in [-0.25, -0.2) is 14.0 Å². The summed E-state index contributed by atoms with van der Waals surface area (Å²) in [6.07, 6.45) is 2.25. The van der Waals surface area contributed by atoms with E-state index in [0.717, 1.165) is 56.2 Å². The van der Waals surface area contributed by atoms with Crippen molar-refractivity contribution < 1.29 is 27.6 Å². The van der Waals surface area contributed by atoms with Crippen LogP contribution in [0.3, 0.4) is 0 Å². The van der Waals surface area contributed by atoms with E-state index in [1.165, 1.54) is 6.07 Å². The van der Waals surface area contributed by atoms with Gasteiger partial charge in [-0.15, -0.1) is 11.8 Å². The molecule has 0 radical (unpaired) electrons. The van der Waals surface area contributed by atoms with Gasteiger partial charge in [0.25, 0.3) is 0 Å². The molecular weight excluding hydrogens is 608 g/mol. The lowest BCUT2D eigenvalue weighted by Gasteiger charge is -2.08. The summed E-state index contributed by atoms with van der Waals surface area (Å²) in [5.41, 5.74) is 3.85. The number of hydrogen-bond acceptors (Lipinski definition) is 7. The van der Waals surface area contributed by atoms with E-state index < -0.39 is 17.8 Å². The van der Waals surface area contributed by atoms with E-state index in [1.807, 2.05) is 72.8 Å². The molecule has 4 aromatic rings. The highest BCUT2D eigenvalue weighted by atomic mass is 32.2. The normalized spacial score (nSPS) is 9.89. The van der Waals surface area contributed by atoms with Crippen molar-refractivity contribution in [3.8, 4) is 29.4 Å². The van der Waals surface area contributed by atoms with Crippen LogP contribution in [0, 0.1) is 29.5 Å². The molecule has 4 rings (SSSR count). The van der Waals surface area contributed by atoms with Crippen molar-refractivity contribution in [2.75, 3.05) is 12.4 Å². The molecule has 0 atom stereocenters. The van der Waals surface area contributed by atoms with Crippen molar-refractivity contribution in [1.82, 2.24) is 0 Å². The summed E-state index contributed by atoms with van der Waals surface area (Å²) in [7, 11) is 0. The minimum atomic E-state index is -0.499. The van der Waals surface area contributed by atoms with Crippen molar-refractivity contribution in [2.24, 2.45) is 0 Å². The molecule has 0 spiro atoms. The third kappa shape index (κ3) is 11.1. The molecule has 0 aliphatic heterocycles. The molecule has 0 N–H and O–H groups in total. The largest absolute Gasteiger partial charge is 0.486 e. The first-order chi connectivity index (χ1) is 21.9. The van der Waals surface area contributed by atoms with Gasteiger partial charge in [-0.3, -0.25) is 0 Å². The quantitative estimate of drug-likeness (QED) is 0.0417. The van der Waals surface area contributed by atoms with E-state index in [0.29, 0.717) is 17.9 Å². The van der Waals surface area contributed by atoms with Crippen LogP contribution in [0.4, 0.5) is 4.39 Å². The molecule has 0 aliphatic rings. The average Bonchev–Trinajstić information content (AvgIpc) is 3.08. The highest BCUT2D eigenvalue weighted by Gasteiger charge is 2.05. The van der Waals surface area contributed by atoms with Crippen LogP contribution in [0.15, 0.2) is 126 Å². The summed E-state index contributed by atoms with van der Waals surface area (Å²) in [4.78, 5) is 24.0. The average molecular weight is 635 g/mol. The summed E-state index contributed by atoms with van der Waals surface area (Å²) < 4.78 is 30.3. The first kappa shape index (κ1) is 32.8. The first-order valence-corrected chi connectivity index (χ1v) is 15.3. The Morgan fingerprint density at radius 1 is 0.711 bits per heavy atom. The Morgan fingerprint density at radius 2 is 1.24 bits per heavy atom. The van der Waals surface area contributed by atoms with Gasteiger partial charge in [-0.2, -0.15) is 0 Å². The zero-order valence-corrected chi connectivity index (χ0v) is 25.7. The maximum atomic E-state index is 14.7. The van der Waals surface area contributed by atoms with E-state index in [1.54, 1.807) is 23.9 Å². The SMILES string of the molecule is C=CC(=O)OCCSc1ccc(C#Cc2ccc(OCc3ccc(C#Cc4ccc(SOC(=O)C=C)cc4)cc3)c(F)c2)cc1. The lowest BCUT2D eigenvalue weighted by Crippen LogP contribution is -2.03. The zero-order valence-electron chi connectivity index (χ0n) is 24.1. The van der Waals surface area contributed by atoms with Gasteiger partial charge < -0.3 is 13.7 Å². The van der Waals surface area contributed by atoms with E-state index >= 15 is 0 Å². The minimum absolute atomic E-state index is 0.144. The molecule has 0 aliphatic carbocycles. The summed E-state index contributed by atoms with van der Waals surface area (Å²) in [5, 5.41) is 0. The molecule has 0 saturated carbocycles. The van der Waals surface area contributed by atoms with Gasteiger partial charge in [0.2, 0.25) is 0 Å².